The Morgan fingerprint density at radius 2 is 2.00 bits per heavy atom. The van der Waals surface area contributed by atoms with E-state index in [4.69, 9.17) is 4.98 Å². The summed E-state index contributed by atoms with van der Waals surface area (Å²) in [6, 6.07) is 5.48. The van der Waals surface area contributed by atoms with Crippen molar-refractivity contribution in [3.05, 3.63) is 47.6 Å². The molecule has 1 atom stereocenters. The Labute approximate surface area is 180 Å². The molecule has 2 aromatic rings. The lowest BCUT2D eigenvalue weighted by molar-refractivity contribution is 0.0697. The maximum atomic E-state index is 11.3. The van der Waals surface area contributed by atoms with Gasteiger partial charge in [-0.05, 0) is 51.0 Å². The molecule has 5 heteroatoms. The van der Waals surface area contributed by atoms with Crippen LogP contribution in [0.1, 0.15) is 76.2 Å². The molecule has 1 aromatic carbocycles. The van der Waals surface area contributed by atoms with Crippen molar-refractivity contribution in [3.63, 3.8) is 0 Å². The molecule has 0 aliphatic rings. The number of imidazole rings is 1. The summed E-state index contributed by atoms with van der Waals surface area (Å²) in [5, 5.41) is 12.8. The van der Waals surface area contributed by atoms with Crippen LogP contribution in [0, 0.1) is 12.8 Å². The fraction of sp³-hybridized carbons (Fsp3) is 0.440. The Morgan fingerprint density at radius 3 is 2.60 bits per heavy atom. The first-order valence-corrected chi connectivity index (χ1v) is 10.6. The Balaban J connectivity index is 0.00000218. The largest absolute Gasteiger partial charge is 0.478 e. The first-order valence-electron chi connectivity index (χ1n) is 10.6. The number of terminal acetylenes is 1. The quantitative estimate of drug-likeness (QED) is 0.254. The van der Waals surface area contributed by atoms with Crippen molar-refractivity contribution in [2.24, 2.45) is 0 Å². The third kappa shape index (κ3) is 6.81. The Bertz CT molecular complexity index is 890. The molecule has 0 saturated heterocycles. The summed E-state index contributed by atoms with van der Waals surface area (Å²) in [5.74, 6) is -0.132. The summed E-state index contributed by atoms with van der Waals surface area (Å²) in [6.45, 7) is 9.14. The van der Waals surface area contributed by atoms with Gasteiger partial charge in [-0.1, -0.05) is 50.8 Å². The number of aromatic nitrogens is 2. The van der Waals surface area contributed by atoms with Crippen molar-refractivity contribution in [1.82, 2.24) is 9.55 Å². The number of fused-ring (bicyclic) bond motifs is 1. The van der Waals surface area contributed by atoms with E-state index < -0.39 is 5.97 Å². The number of anilines is 1. The number of allylic oxidation sites excluding steroid dienone is 2. The fourth-order valence-corrected chi connectivity index (χ4v) is 3.45. The minimum Gasteiger partial charge on any atom is -0.478 e. The lowest BCUT2D eigenvalue weighted by Crippen LogP contribution is -2.13. The van der Waals surface area contributed by atoms with E-state index in [1.54, 1.807) is 12.1 Å². The summed E-state index contributed by atoms with van der Waals surface area (Å²) in [4.78, 5) is 16.1. The van der Waals surface area contributed by atoms with E-state index in [0.717, 1.165) is 23.4 Å². The molecule has 1 heterocycles. The highest BCUT2D eigenvalue weighted by Gasteiger charge is 2.17. The van der Waals surface area contributed by atoms with Crippen molar-refractivity contribution in [2.75, 3.05) is 11.9 Å². The van der Waals surface area contributed by atoms with E-state index in [1.165, 1.54) is 31.3 Å². The molecular weight excluding hydrogens is 374 g/mol. The molecule has 0 aliphatic carbocycles. The van der Waals surface area contributed by atoms with Crippen molar-refractivity contribution >= 4 is 23.0 Å². The summed E-state index contributed by atoms with van der Waals surface area (Å²) >= 11 is 0. The number of aromatic carboxylic acids is 1. The van der Waals surface area contributed by atoms with Gasteiger partial charge < -0.3 is 15.0 Å². The third-order valence-corrected chi connectivity index (χ3v) is 5.05. The van der Waals surface area contributed by atoms with Gasteiger partial charge >= 0.3 is 5.97 Å². The molecule has 1 aromatic heterocycles. The molecule has 0 bridgehead atoms. The average Bonchev–Trinajstić information content (AvgIpc) is 3.13. The number of hydrogen-bond donors (Lipinski definition) is 2. The van der Waals surface area contributed by atoms with Gasteiger partial charge in [0.1, 0.15) is 0 Å². The van der Waals surface area contributed by atoms with Crippen molar-refractivity contribution in [2.45, 2.75) is 65.8 Å². The molecule has 1 unspecified atom stereocenters. The lowest BCUT2D eigenvalue weighted by atomic mass is 10.1. The molecule has 2 rings (SSSR count). The Morgan fingerprint density at radius 1 is 1.27 bits per heavy atom. The van der Waals surface area contributed by atoms with Crippen LogP contribution >= 0.6 is 0 Å². The van der Waals surface area contributed by atoms with E-state index >= 15 is 0 Å². The minimum atomic E-state index is -0.928. The van der Waals surface area contributed by atoms with Gasteiger partial charge in [-0.2, -0.15) is 0 Å². The van der Waals surface area contributed by atoms with Crippen LogP contribution in [-0.4, -0.2) is 27.2 Å². The number of hydrogen-bond acceptors (Lipinski definition) is 3. The number of nitrogens with one attached hydrogen (secondary N) is 1. The van der Waals surface area contributed by atoms with Gasteiger partial charge in [-0.3, -0.25) is 0 Å². The molecular formula is C25H35N3O2. The van der Waals surface area contributed by atoms with Crippen molar-refractivity contribution in [1.29, 1.82) is 0 Å². The average molecular weight is 410 g/mol. The molecule has 0 amide bonds. The highest BCUT2D eigenvalue weighted by molar-refractivity contribution is 5.93. The topological polar surface area (TPSA) is 67.2 Å². The van der Waals surface area contributed by atoms with Gasteiger partial charge in [0.25, 0.3) is 0 Å². The Hall–Kier alpha value is -3.00. The predicted molar refractivity (Wildman–Crippen MR) is 127 cm³/mol. The summed E-state index contributed by atoms with van der Waals surface area (Å²) in [6.07, 6.45) is 20.2. The number of benzene rings is 1. The lowest BCUT2D eigenvalue weighted by Gasteiger charge is -2.18. The second-order valence-electron chi connectivity index (χ2n) is 7.23. The number of nitrogens with zero attached hydrogens (tertiary/aromatic N) is 2. The van der Waals surface area contributed by atoms with Gasteiger partial charge in [0.15, 0.2) is 0 Å². The van der Waals surface area contributed by atoms with Gasteiger partial charge in [0.2, 0.25) is 5.95 Å². The second kappa shape index (κ2) is 13.3. The molecule has 30 heavy (non-hydrogen) atoms. The third-order valence-electron chi connectivity index (χ3n) is 5.05. The molecule has 0 aliphatic heterocycles. The normalized spacial score (nSPS) is 12.5. The van der Waals surface area contributed by atoms with E-state index in [1.807, 2.05) is 26.0 Å². The molecule has 5 nitrogen and oxygen atoms in total. The first-order chi connectivity index (χ1) is 14.5. The highest BCUT2D eigenvalue weighted by atomic mass is 16.4. The van der Waals surface area contributed by atoms with E-state index in [2.05, 4.69) is 48.7 Å². The number of rotatable bonds is 11. The van der Waals surface area contributed by atoms with Crippen LogP contribution in [0.2, 0.25) is 0 Å². The second-order valence-corrected chi connectivity index (χ2v) is 7.23. The van der Waals surface area contributed by atoms with Gasteiger partial charge in [-0.25, -0.2) is 9.78 Å². The van der Waals surface area contributed by atoms with Crippen molar-refractivity contribution in [3.8, 4) is 12.8 Å². The van der Waals surface area contributed by atoms with Gasteiger partial charge in [-0.15, -0.1) is 12.8 Å². The molecule has 2 N–H and O–H groups in total. The van der Waals surface area contributed by atoms with Crippen LogP contribution in [0.25, 0.3) is 11.0 Å². The standard InChI is InChI=1S/C23H33N3O2.C2H2/c1-5-8-9-10-12-17(4)26-21-14-13-19(22(27)28)15-20(21)25-23(26)24-16-18(7-3)11-6-2;1-2/h6-7,11,13-15,17H,5,8-10,12,16H2,1-4H3,(H,24,25)(H,27,28);1-2H/b11-6-,18-7+;. The zero-order valence-electron chi connectivity index (χ0n) is 18.7. The van der Waals surface area contributed by atoms with Gasteiger partial charge in [0, 0.05) is 12.6 Å². The van der Waals surface area contributed by atoms with Crippen molar-refractivity contribution < 1.29 is 9.90 Å². The van der Waals surface area contributed by atoms with Crippen LogP contribution in [0.3, 0.4) is 0 Å². The predicted octanol–water partition coefficient (Wildman–Crippen LogP) is 6.45. The maximum absolute atomic E-state index is 11.3. The Kier molecular flexibility index (Phi) is 11.1. The number of carboxylic acids is 1. The fourth-order valence-electron chi connectivity index (χ4n) is 3.45. The molecule has 0 spiro atoms. The molecule has 0 saturated carbocycles. The number of carbonyl (C=O) groups is 1. The van der Waals surface area contributed by atoms with Crippen LogP contribution in [0.4, 0.5) is 5.95 Å². The van der Waals surface area contributed by atoms with E-state index in [9.17, 15) is 9.90 Å². The van der Waals surface area contributed by atoms with Crippen LogP contribution < -0.4 is 5.32 Å². The zero-order chi connectivity index (χ0) is 22.5. The zero-order valence-corrected chi connectivity index (χ0v) is 18.7. The number of carboxylic acid groups (broad SMARTS) is 1. The van der Waals surface area contributed by atoms with E-state index in [0.29, 0.717) is 6.54 Å². The molecule has 0 fully saturated rings. The summed E-state index contributed by atoms with van der Waals surface area (Å²) < 4.78 is 2.22. The monoisotopic (exact) mass is 409 g/mol. The SMILES string of the molecule is C#C.C/C=C\C(=C/C)CNc1nc2cc(C(=O)O)ccc2n1C(C)CCCCCC. The van der Waals surface area contributed by atoms with Crippen LogP contribution in [-0.2, 0) is 0 Å². The molecule has 162 valence electrons. The minimum absolute atomic E-state index is 0.266. The maximum Gasteiger partial charge on any atom is 0.335 e. The molecule has 0 radical (unpaired) electrons. The van der Waals surface area contributed by atoms with Crippen LogP contribution in [0.5, 0.6) is 0 Å². The summed E-state index contributed by atoms with van der Waals surface area (Å²) in [5.41, 5.74) is 3.14. The number of unbranched alkanes of at least 4 members (excludes halogenated alkanes) is 3. The highest BCUT2D eigenvalue weighted by Crippen LogP contribution is 2.28. The summed E-state index contributed by atoms with van der Waals surface area (Å²) in [7, 11) is 0. The van der Waals surface area contributed by atoms with E-state index in [-0.39, 0.29) is 11.6 Å². The first kappa shape index (κ1) is 25.0. The van der Waals surface area contributed by atoms with Crippen LogP contribution in [0.15, 0.2) is 42.0 Å². The van der Waals surface area contributed by atoms with Gasteiger partial charge in [0.05, 0.1) is 16.6 Å². The smallest absolute Gasteiger partial charge is 0.335 e.